The van der Waals surface area contributed by atoms with E-state index in [2.05, 4.69) is 4.98 Å². The van der Waals surface area contributed by atoms with Crippen LogP contribution in [0.1, 0.15) is 42.1 Å². The maximum atomic E-state index is 12.9. The number of imidazole rings is 1. The Morgan fingerprint density at radius 3 is 2.76 bits per heavy atom. The number of para-hydroxylation sites is 2. The number of fused-ring (bicyclic) bond motifs is 2. The fourth-order valence-corrected chi connectivity index (χ4v) is 5.03. The number of benzene rings is 2. The lowest BCUT2D eigenvalue weighted by atomic mass is 9.95. The van der Waals surface area contributed by atoms with Crippen molar-refractivity contribution in [2.24, 2.45) is 0 Å². The molecule has 0 saturated carbocycles. The molecule has 0 atom stereocenters. The first kappa shape index (κ1) is 22.5. The predicted molar refractivity (Wildman–Crippen MR) is 132 cm³/mol. The van der Waals surface area contributed by atoms with Crippen LogP contribution in [0.15, 0.2) is 45.6 Å². The highest BCUT2D eigenvalue weighted by molar-refractivity contribution is 6.32. The van der Waals surface area contributed by atoms with Crippen LogP contribution in [-0.2, 0) is 11.2 Å². The number of aromatic nitrogens is 2. The van der Waals surface area contributed by atoms with Crippen molar-refractivity contribution in [1.29, 1.82) is 0 Å². The van der Waals surface area contributed by atoms with Crippen molar-refractivity contribution in [2.45, 2.75) is 38.5 Å². The minimum Gasteiger partial charge on any atom is -0.495 e. The molecule has 1 aliphatic rings. The highest BCUT2D eigenvalue weighted by Gasteiger charge is 2.26. The van der Waals surface area contributed by atoms with Crippen LogP contribution in [0.5, 0.6) is 5.75 Å². The lowest BCUT2D eigenvalue weighted by molar-refractivity contribution is -0.132. The number of carbonyl (C=O) groups is 1. The average Bonchev–Trinajstić information content (AvgIpc) is 3.28. The van der Waals surface area contributed by atoms with Crippen molar-refractivity contribution in [3.63, 3.8) is 0 Å². The quantitative estimate of drug-likeness (QED) is 0.408. The summed E-state index contributed by atoms with van der Waals surface area (Å²) in [4.78, 5) is 35.6. The second-order valence-electron chi connectivity index (χ2n) is 8.77. The Morgan fingerprint density at radius 1 is 1.26 bits per heavy atom. The third-order valence-corrected chi connectivity index (χ3v) is 7.09. The van der Waals surface area contributed by atoms with E-state index in [1.807, 2.05) is 36.1 Å². The van der Waals surface area contributed by atoms with E-state index in [4.69, 9.17) is 25.7 Å². The van der Waals surface area contributed by atoms with Crippen molar-refractivity contribution in [3.8, 4) is 5.75 Å². The van der Waals surface area contributed by atoms with Crippen LogP contribution in [0, 0.1) is 6.92 Å². The summed E-state index contributed by atoms with van der Waals surface area (Å²) >= 11 is 6.26. The van der Waals surface area contributed by atoms with Crippen molar-refractivity contribution in [3.05, 3.63) is 68.8 Å². The van der Waals surface area contributed by atoms with Crippen LogP contribution in [0.4, 0.5) is 0 Å². The van der Waals surface area contributed by atoms with Crippen LogP contribution >= 0.6 is 11.6 Å². The third kappa shape index (κ3) is 4.16. The Bertz CT molecular complexity index is 1400. The molecule has 2 aromatic heterocycles. The third-order valence-electron chi connectivity index (χ3n) is 6.79. The molecule has 1 N–H and O–H groups in total. The summed E-state index contributed by atoms with van der Waals surface area (Å²) in [6, 6.07) is 11.4. The molecule has 1 fully saturated rings. The fourth-order valence-electron chi connectivity index (χ4n) is 4.79. The molecular weight excluding hydrogens is 454 g/mol. The Balaban J connectivity index is 1.24. The number of hydrogen-bond donors (Lipinski definition) is 1. The zero-order chi connectivity index (χ0) is 23.8. The summed E-state index contributed by atoms with van der Waals surface area (Å²) in [5.41, 5.74) is 3.31. The van der Waals surface area contributed by atoms with E-state index in [-0.39, 0.29) is 12.3 Å². The molecule has 176 valence electrons. The molecule has 2 aromatic carbocycles. The van der Waals surface area contributed by atoms with Crippen molar-refractivity contribution in [1.82, 2.24) is 14.9 Å². The van der Waals surface area contributed by atoms with Crippen LogP contribution < -0.4 is 10.4 Å². The molecule has 0 radical (unpaired) electrons. The molecule has 1 aliphatic heterocycles. The topological polar surface area (TPSA) is 88.4 Å². The molecule has 0 bridgehead atoms. The summed E-state index contributed by atoms with van der Waals surface area (Å²) in [5.74, 6) is 1.81. The van der Waals surface area contributed by atoms with Gasteiger partial charge in [0.1, 0.15) is 17.2 Å². The van der Waals surface area contributed by atoms with E-state index in [1.165, 1.54) is 7.11 Å². The summed E-state index contributed by atoms with van der Waals surface area (Å²) in [7, 11) is 1.51. The minimum atomic E-state index is -0.425. The number of piperidine rings is 1. The van der Waals surface area contributed by atoms with Gasteiger partial charge in [0.05, 0.1) is 23.2 Å². The first-order valence-corrected chi connectivity index (χ1v) is 11.8. The van der Waals surface area contributed by atoms with E-state index in [0.29, 0.717) is 47.3 Å². The van der Waals surface area contributed by atoms with Crippen LogP contribution in [0.25, 0.3) is 22.0 Å². The lowest BCUT2D eigenvalue weighted by Gasteiger charge is -2.31. The van der Waals surface area contributed by atoms with Gasteiger partial charge in [-0.25, -0.2) is 9.78 Å². The highest BCUT2D eigenvalue weighted by atomic mass is 35.5. The number of nitrogens with one attached hydrogen (secondary N) is 1. The molecular formula is C26H26ClN3O4. The number of rotatable bonds is 5. The summed E-state index contributed by atoms with van der Waals surface area (Å²) in [6.45, 7) is 3.23. The number of ether oxygens (including phenoxy) is 1. The van der Waals surface area contributed by atoms with Crippen molar-refractivity contribution < 1.29 is 13.9 Å². The van der Waals surface area contributed by atoms with Gasteiger partial charge >= 0.3 is 5.63 Å². The number of aryl methyl sites for hydroxylation is 1. The predicted octanol–water partition coefficient (Wildman–Crippen LogP) is 4.98. The Hall–Kier alpha value is -3.32. The standard InChI is InChI=1S/C26H26ClN3O4/c1-15-17(26(32)34-22-14-23(33-2)19(27)13-18(15)22)7-8-24(31)30-11-9-16(10-12-30)25-28-20-5-3-4-6-21(20)29-25/h3-6,13-14,16H,7-12H2,1-2H3,(H,28,29). The number of likely N-dealkylation sites (tertiary alicyclic amines) is 1. The molecule has 0 unspecified atom stereocenters. The molecule has 3 heterocycles. The molecule has 8 heteroatoms. The number of methoxy groups -OCH3 is 1. The molecule has 7 nitrogen and oxygen atoms in total. The van der Waals surface area contributed by atoms with E-state index in [9.17, 15) is 9.59 Å². The van der Waals surface area contributed by atoms with Gasteiger partial charge in [0, 0.05) is 42.4 Å². The number of H-pyrrole nitrogens is 1. The van der Waals surface area contributed by atoms with Gasteiger partial charge in [-0.3, -0.25) is 4.79 Å². The summed E-state index contributed by atoms with van der Waals surface area (Å²) in [5, 5.41) is 1.20. The largest absolute Gasteiger partial charge is 0.495 e. The Kier molecular flexibility index (Phi) is 6.04. The number of halogens is 1. The Morgan fingerprint density at radius 2 is 2.03 bits per heavy atom. The number of hydrogen-bond acceptors (Lipinski definition) is 5. The van der Waals surface area contributed by atoms with Gasteiger partial charge in [-0.2, -0.15) is 0 Å². The van der Waals surface area contributed by atoms with E-state index >= 15 is 0 Å². The normalized spacial score (nSPS) is 14.7. The second kappa shape index (κ2) is 9.14. The fraction of sp³-hybridized carbons (Fsp3) is 0.346. The van der Waals surface area contributed by atoms with Crippen molar-refractivity contribution >= 4 is 39.5 Å². The van der Waals surface area contributed by atoms with Crippen LogP contribution in [-0.4, -0.2) is 41.0 Å². The molecule has 4 aromatic rings. The minimum absolute atomic E-state index is 0.0507. The zero-order valence-corrected chi connectivity index (χ0v) is 19.9. The summed E-state index contributed by atoms with van der Waals surface area (Å²) in [6.07, 6.45) is 2.32. The van der Waals surface area contributed by atoms with E-state index < -0.39 is 5.63 Å². The van der Waals surface area contributed by atoms with Gasteiger partial charge in [-0.05, 0) is 49.9 Å². The number of carbonyl (C=O) groups excluding carboxylic acids is 1. The molecule has 5 rings (SSSR count). The molecule has 34 heavy (non-hydrogen) atoms. The second-order valence-corrected chi connectivity index (χ2v) is 9.18. The number of amides is 1. The summed E-state index contributed by atoms with van der Waals surface area (Å²) < 4.78 is 10.7. The molecule has 0 aliphatic carbocycles. The first-order valence-electron chi connectivity index (χ1n) is 11.5. The van der Waals surface area contributed by atoms with Gasteiger partial charge in [0.25, 0.3) is 0 Å². The van der Waals surface area contributed by atoms with Gasteiger partial charge in [0.15, 0.2) is 0 Å². The Labute approximate surface area is 201 Å². The zero-order valence-electron chi connectivity index (χ0n) is 19.2. The maximum absolute atomic E-state index is 12.9. The average molecular weight is 480 g/mol. The first-order chi connectivity index (χ1) is 16.4. The highest BCUT2D eigenvalue weighted by Crippen LogP contribution is 2.32. The molecule has 1 saturated heterocycles. The van der Waals surface area contributed by atoms with Gasteiger partial charge in [-0.15, -0.1) is 0 Å². The van der Waals surface area contributed by atoms with Crippen LogP contribution in [0.3, 0.4) is 0 Å². The maximum Gasteiger partial charge on any atom is 0.339 e. The smallest absolute Gasteiger partial charge is 0.339 e. The molecule has 1 amide bonds. The lowest BCUT2D eigenvalue weighted by Crippen LogP contribution is -2.38. The number of aromatic amines is 1. The molecule has 0 spiro atoms. The van der Waals surface area contributed by atoms with Gasteiger partial charge in [0.2, 0.25) is 5.91 Å². The number of nitrogens with zero attached hydrogens (tertiary/aromatic N) is 2. The van der Waals surface area contributed by atoms with Crippen molar-refractivity contribution in [2.75, 3.05) is 20.2 Å². The van der Waals surface area contributed by atoms with Gasteiger partial charge in [-0.1, -0.05) is 23.7 Å². The van der Waals surface area contributed by atoms with E-state index in [0.717, 1.165) is 40.6 Å². The van der Waals surface area contributed by atoms with Crippen LogP contribution in [0.2, 0.25) is 5.02 Å². The van der Waals surface area contributed by atoms with Gasteiger partial charge < -0.3 is 19.0 Å². The van der Waals surface area contributed by atoms with E-state index in [1.54, 1.807) is 12.1 Å². The SMILES string of the molecule is COc1cc2oc(=O)c(CCC(=O)N3CCC(c4nc5ccccc5[nH]4)CC3)c(C)c2cc1Cl. The monoisotopic (exact) mass is 479 g/mol.